The number of hydrogen-bond acceptors (Lipinski definition) is 5. The second-order valence-electron chi connectivity index (χ2n) is 5.61. The molecule has 0 atom stereocenters. The Kier molecular flexibility index (Phi) is 6.08. The van der Waals surface area contributed by atoms with E-state index in [9.17, 15) is 4.79 Å². The summed E-state index contributed by atoms with van der Waals surface area (Å²) in [7, 11) is 0. The Hall–Kier alpha value is -0.920. The maximum absolute atomic E-state index is 12.2. The fourth-order valence-corrected chi connectivity index (χ4v) is 4.59. The molecule has 4 nitrogen and oxygen atoms in total. The minimum absolute atomic E-state index is 0.102. The summed E-state index contributed by atoms with van der Waals surface area (Å²) in [4.78, 5) is 12.2. The lowest BCUT2D eigenvalue weighted by molar-refractivity contribution is -0.120. The normalized spacial score (nSPS) is 15.5. The summed E-state index contributed by atoms with van der Waals surface area (Å²) in [5.74, 6) is 1.09. The van der Waals surface area contributed by atoms with Crippen LogP contribution in [0.3, 0.4) is 0 Å². The van der Waals surface area contributed by atoms with Gasteiger partial charge in [-0.15, -0.1) is 10.2 Å². The third-order valence-corrected chi connectivity index (χ3v) is 6.46. The fourth-order valence-electron chi connectivity index (χ4n) is 2.62. The van der Waals surface area contributed by atoms with E-state index < -0.39 is 0 Å². The number of aromatic nitrogens is 2. The van der Waals surface area contributed by atoms with Crippen LogP contribution < -0.4 is 5.32 Å². The van der Waals surface area contributed by atoms with Gasteiger partial charge in [-0.25, -0.2) is 0 Å². The van der Waals surface area contributed by atoms with Crippen molar-refractivity contribution in [2.75, 3.05) is 5.32 Å². The van der Waals surface area contributed by atoms with Crippen LogP contribution in [0.4, 0.5) is 5.13 Å². The van der Waals surface area contributed by atoms with Crippen molar-refractivity contribution >= 4 is 50.1 Å². The standard InChI is InChI=1S/C16H18BrN3OS2/c17-13-8-6-11(7-9-13)10-22-16-20-19-15(23-16)18-14(21)12-4-2-1-3-5-12/h6-9,12H,1-5,10H2,(H,18,19,21). The van der Waals surface area contributed by atoms with Crippen molar-refractivity contribution in [1.29, 1.82) is 0 Å². The van der Waals surface area contributed by atoms with Crippen LogP contribution in [0.25, 0.3) is 0 Å². The van der Waals surface area contributed by atoms with Crippen molar-refractivity contribution in [2.45, 2.75) is 42.2 Å². The van der Waals surface area contributed by atoms with E-state index in [2.05, 4.69) is 43.6 Å². The molecule has 1 aliphatic carbocycles. The van der Waals surface area contributed by atoms with Crippen molar-refractivity contribution < 1.29 is 4.79 Å². The van der Waals surface area contributed by atoms with E-state index in [0.29, 0.717) is 5.13 Å². The lowest BCUT2D eigenvalue weighted by Crippen LogP contribution is -2.24. The summed E-state index contributed by atoms with van der Waals surface area (Å²) in [6, 6.07) is 8.24. The highest BCUT2D eigenvalue weighted by Crippen LogP contribution is 2.30. The Balaban J connectivity index is 1.51. The minimum Gasteiger partial charge on any atom is -0.300 e. The maximum Gasteiger partial charge on any atom is 0.229 e. The lowest BCUT2D eigenvalue weighted by Gasteiger charge is -2.19. The molecule has 2 aromatic rings. The summed E-state index contributed by atoms with van der Waals surface area (Å²) in [6.45, 7) is 0. The molecule has 1 aromatic carbocycles. The zero-order valence-electron chi connectivity index (χ0n) is 12.6. The number of anilines is 1. The van der Waals surface area contributed by atoms with Crippen molar-refractivity contribution in [2.24, 2.45) is 5.92 Å². The van der Waals surface area contributed by atoms with Crippen molar-refractivity contribution in [3.8, 4) is 0 Å². The van der Waals surface area contributed by atoms with Crippen LogP contribution in [0.5, 0.6) is 0 Å². The first-order valence-electron chi connectivity index (χ1n) is 7.72. The molecule has 23 heavy (non-hydrogen) atoms. The predicted molar refractivity (Wildman–Crippen MR) is 98.8 cm³/mol. The van der Waals surface area contributed by atoms with Gasteiger partial charge in [0.2, 0.25) is 11.0 Å². The number of amides is 1. The Labute approximate surface area is 152 Å². The van der Waals surface area contributed by atoms with Gasteiger partial charge in [0.25, 0.3) is 0 Å². The Morgan fingerprint density at radius 2 is 1.96 bits per heavy atom. The number of carbonyl (C=O) groups is 1. The van der Waals surface area contributed by atoms with Gasteiger partial charge in [-0.3, -0.25) is 4.79 Å². The molecule has 1 amide bonds. The summed E-state index contributed by atoms with van der Waals surface area (Å²) >= 11 is 6.52. The van der Waals surface area contributed by atoms with Gasteiger partial charge in [0, 0.05) is 16.1 Å². The zero-order valence-corrected chi connectivity index (χ0v) is 15.8. The number of nitrogens with zero attached hydrogens (tertiary/aromatic N) is 2. The molecule has 0 unspecified atom stereocenters. The Morgan fingerprint density at radius 1 is 1.22 bits per heavy atom. The topological polar surface area (TPSA) is 54.9 Å². The molecule has 1 aromatic heterocycles. The third-order valence-electron chi connectivity index (χ3n) is 3.89. The molecule has 122 valence electrons. The van der Waals surface area contributed by atoms with Crippen molar-refractivity contribution in [3.05, 3.63) is 34.3 Å². The predicted octanol–water partition coefficient (Wildman–Crippen LogP) is 5.11. The fraction of sp³-hybridized carbons (Fsp3) is 0.438. The third kappa shape index (κ3) is 5.02. The van der Waals surface area contributed by atoms with Crippen molar-refractivity contribution in [3.63, 3.8) is 0 Å². The molecule has 1 N–H and O–H groups in total. The monoisotopic (exact) mass is 411 g/mol. The van der Waals surface area contributed by atoms with E-state index in [-0.39, 0.29) is 11.8 Å². The molecule has 1 aliphatic rings. The van der Waals surface area contributed by atoms with E-state index in [4.69, 9.17) is 0 Å². The van der Waals surface area contributed by atoms with Gasteiger partial charge in [-0.1, -0.05) is 70.4 Å². The van der Waals surface area contributed by atoms with E-state index in [1.807, 2.05) is 12.1 Å². The van der Waals surface area contributed by atoms with Gasteiger partial charge in [0.1, 0.15) is 0 Å². The molecular weight excluding hydrogens is 394 g/mol. The first kappa shape index (κ1) is 16.9. The number of thioether (sulfide) groups is 1. The summed E-state index contributed by atoms with van der Waals surface area (Å²) in [6.07, 6.45) is 5.55. The highest BCUT2D eigenvalue weighted by atomic mass is 79.9. The minimum atomic E-state index is 0.102. The highest BCUT2D eigenvalue weighted by Gasteiger charge is 2.22. The van der Waals surface area contributed by atoms with Crippen LogP contribution in [-0.2, 0) is 10.5 Å². The first-order valence-corrected chi connectivity index (χ1v) is 10.3. The van der Waals surface area contributed by atoms with E-state index in [0.717, 1.165) is 40.2 Å². The quantitative estimate of drug-likeness (QED) is 0.548. The van der Waals surface area contributed by atoms with Gasteiger partial charge in [0.15, 0.2) is 4.34 Å². The van der Waals surface area contributed by atoms with Gasteiger partial charge >= 0.3 is 0 Å². The van der Waals surface area contributed by atoms with Gasteiger partial charge in [0.05, 0.1) is 0 Å². The zero-order chi connectivity index (χ0) is 16.1. The van der Waals surface area contributed by atoms with Crippen LogP contribution in [0.1, 0.15) is 37.7 Å². The number of benzene rings is 1. The van der Waals surface area contributed by atoms with Crippen LogP contribution >= 0.6 is 39.0 Å². The molecule has 1 saturated carbocycles. The second-order valence-corrected chi connectivity index (χ2v) is 8.73. The van der Waals surface area contributed by atoms with E-state index >= 15 is 0 Å². The molecule has 7 heteroatoms. The average Bonchev–Trinajstić information content (AvgIpc) is 3.02. The average molecular weight is 412 g/mol. The number of nitrogens with one attached hydrogen (secondary N) is 1. The van der Waals surface area contributed by atoms with Crippen molar-refractivity contribution in [1.82, 2.24) is 10.2 Å². The lowest BCUT2D eigenvalue weighted by atomic mass is 9.89. The molecule has 0 aliphatic heterocycles. The molecule has 3 rings (SSSR count). The van der Waals surface area contributed by atoms with Crippen LogP contribution in [0.15, 0.2) is 33.1 Å². The smallest absolute Gasteiger partial charge is 0.229 e. The van der Waals surface area contributed by atoms with Crippen LogP contribution in [-0.4, -0.2) is 16.1 Å². The Bertz CT molecular complexity index is 654. The largest absolute Gasteiger partial charge is 0.300 e. The van der Waals surface area contributed by atoms with Gasteiger partial charge in [-0.2, -0.15) is 0 Å². The number of rotatable bonds is 5. The number of halogens is 1. The second kappa shape index (κ2) is 8.26. The van der Waals surface area contributed by atoms with Gasteiger partial charge in [-0.05, 0) is 30.5 Å². The number of hydrogen-bond donors (Lipinski definition) is 1. The molecule has 0 saturated heterocycles. The maximum atomic E-state index is 12.2. The number of carbonyl (C=O) groups excluding carboxylic acids is 1. The SMILES string of the molecule is O=C(Nc1nnc(SCc2ccc(Br)cc2)s1)C1CCCCC1. The highest BCUT2D eigenvalue weighted by molar-refractivity contribution is 9.10. The van der Waals surface area contributed by atoms with Crippen LogP contribution in [0, 0.1) is 5.92 Å². The molecule has 1 fully saturated rings. The van der Waals surface area contributed by atoms with Crippen LogP contribution in [0.2, 0.25) is 0 Å². The molecule has 0 bridgehead atoms. The Morgan fingerprint density at radius 3 is 2.70 bits per heavy atom. The molecule has 0 spiro atoms. The molecule has 1 heterocycles. The van der Waals surface area contributed by atoms with E-state index in [1.54, 1.807) is 11.8 Å². The van der Waals surface area contributed by atoms with Gasteiger partial charge < -0.3 is 5.32 Å². The van der Waals surface area contributed by atoms with E-state index in [1.165, 1.54) is 23.3 Å². The molecular formula is C16H18BrN3OS2. The molecule has 0 radical (unpaired) electrons. The summed E-state index contributed by atoms with van der Waals surface area (Å²) in [5.41, 5.74) is 1.24. The first-order chi connectivity index (χ1) is 11.2. The summed E-state index contributed by atoms with van der Waals surface area (Å²) in [5, 5.41) is 11.8. The summed E-state index contributed by atoms with van der Waals surface area (Å²) < 4.78 is 1.96.